The molecule has 1 aliphatic rings. The highest BCUT2D eigenvalue weighted by Gasteiger charge is 2.13. The molecule has 1 aromatic rings. The second-order valence-corrected chi connectivity index (χ2v) is 5.44. The van der Waals surface area contributed by atoms with E-state index in [9.17, 15) is 0 Å². The molecule has 3 nitrogen and oxygen atoms in total. The third-order valence-corrected chi connectivity index (χ3v) is 4.19. The molecule has 4 heteroatoms. The maximum Gasteiger partial charge on any atom is 0.128 e. The molecule has 0 spiro atoms. The van der Waals surface area contributed by atoms with Crippen molar-refractivity contribution in [3.8, 4) is 0 Å². The van der Waals surface area contributed by atoms with Crippen molar-refractivity contribution >= 4 is 23.4 Å². The number of hydrogen-bond donors (Lipinski definition) is 2. The Bertz CT molecular complexity index is 324. The molecule has 1 aliphatic heterocycles. The first-order chi connectivity index (χ1) is 7.88. The molecule has 1 atom stereocenters. The minimum absolute atomic E-state index is 0.758. The van der Waals surface area contributed by atoms with E-state index >= 15 is 0 Å². The van der Waals surface area contributed by atoms with Crippen LogP contribution in [0.2, 0.25) is 0 Å². The Morgan fingerprint density at radius 2 is 2.25 bits per heavy atom. The van der Waals surface area contributed by atoms with E-state index in [1.54, 1.807) is 0 Å². The summed E-state index contributed by atoms with van der Waals surface area (Å²) >= 11 is 2.09. The summed E-state index contributed by atoms with van der Waals surface area (Å²) in [5, 5.41) is 7.22. The molecule has 16 heavy (non-hydrogen) atoms. The molecule has 1 fully saturated rings. The van der Waals surface area contributed by atoms with Gasteiger partial charge in [-0.15, -0.1) is 0 Å². The van der Waals surface area contributed by atoms with Gasteiger partial charge in [0.2, 0.25) is 0 Å². The molecule has 88 valence electrons. The molecule has 1 unspecified atom stereocenters. The Morgan fingerprint density at radius 3 is 3.00 bits per heavy atom. The fourth-order valence-corrected chi connectivity index (χ4v) is 3.10. The summed E-state index contributed by atoms with van der Waals surface area (Å²) < 4.78 is 0. The number of nitrogens with one attached hydrogen (secondary N) is 2. The standard InChI is InChI=1S/C12H19N3S/c1-13-11-6-4-7-12(15-11)14-9-10-5-2-3-8-16-10/h4,6-7,10H,2-3,5,8-9H2,1H3,(H2,13,14,15). The largest absolute Gasteiger partial charge is 0.373 e. The first-order valence-corrected chi connectivity index (χ1v) is 6.93. The quantitative estimate of drug-likeness (QED) is 0.844. The number of hydrogen-bond acceptors (Lipinski definition) is 4. The van der Waals surface area contributed by atoms with Gasteiger partial charge >= 0.3 is 0 Å². The first kappa shape index (κ1) is 11.6. The lowest BCUT2D eigenvalue weighted by Crippen LogP contribution is -2.20. The van der Waals surface area contributed by atoms with Crippen LogP contribution in [0.25, 0.3) is 0 Å². The van der Waals surface area contributed by atoms with Crippen LogP contribution < -0.4 is 10.6 Å². The summed E-state index contributed by atoms with van der Waals surface area (Å²) in [6.45, 7) is 1.03. The summed E-state index contributed by atoms with van der Waals surface area (Å²) in [5.41, 5.74) is 0. The average Bonchev–Trinajstić information content (AvgIpc) is 2.38. The van der Waals surface area contributed by atoms with Gasteiger partial charge in [-0.1, -0.05) is 12.5 Å². The van der Waals surface area contributed by atoms with Crippen molar-refractivity contribution in [3.05, 3.63) is 18.2 Å². The van der Waals surface area contributed by atoms with Crippen LogP contribution in [0.3, 0.4) is 0 Å². The van der Waals surface area contributed by atoms with Crippen molar-refractivity contribution in [1.29, 1.82) is 0 Å². The van der Waals surface area contributed by atoms with Crippen molar-refractivity contribution in [2.24, 2.45) is 0 Å². The van der Waals surface area contributed by atoms with Crippen LogP contribution >= 0.6 is 11.8 Å². The van der Waals surface area contributed by atoms with Crippen molar-refractivity contribution in [2.45, 2.75) is 24.5 Å². The van der Waals surface area contributed by atoms with Crippen LogP contribution in [0.15, 0.2) is 18.2 Å². The van der Waals surface area contributed by atoms with E-state index in [0.717, 1.165) is 23.4 Å². The molecular formula is C12H19N3S. The highest BCUT2D eigenvalue weighted by Crippen LogP contribution is 2.25. The SMILES string of the molecule is CNc1cccc(NCC2CCCCS2)n1. The minimum Gasteiger partial charge on any atom is -0.373 e. The number of thioether (sulfide) groups is 1. The van der Waals surface area contributed by atoms with E-state index in [1.807, 2.05) is 25.2 Å². The summed E-state index contributed by atoms with van der Waals surface area (Å²) in [4.78, 5) is 4.44. The third kappa shape index (κ3) is 3.30. The van der Waals surface area contributed by atoms with Crippen molar-refractivity contribution < 1.29 is 0 Å². The number of nitrogens with zero attached hydrogens (tertiary/aromatic N) is 1. The van der Waals surface area contributed by atoms with Crippen LogP contribution in [-0.4, -0.2) is 29.6 Å². The zero-order chi connectivity index (χ0) is 11.2. The van der Waals surface area contributed by atoms with E-state index in [-0.39, 0.29) is 0 Å². The normalized spacial score (nSPS) is 20.4. The highest BCUT2D eigenvalue weighted by atomic mass is 32.2. The van der Waals surface area contributed by atoms with E-state index in [4.69, 9.17) is 0 Å². The molecule has 2 rings (SSSR count). The van der Waals surface area contributed by atoms with E-state index < -0.39 is 0 Å². The molecule has 1 aromatic heterocycles. The molecule has 0 bridgehead atoms. The fourth-order valence-electron chi connectivity index (χ4n) is 1.86. The Kier molecular flexibility index (Phi) is 4.34. The maximum absolute atomic E-state index is 4.44. The van der Waals surface area contributed by atoms with Gasteiger partial charge in [0, 0.05) is 18.8 Å². The van der Waals surface area contributed by atoms with Crippen molar-refractivity contribution in [2.75, 3.05) is 30.0 Å². The molecule has 2 N–H and O–H groups in total. The fraction of sp³-hybridized carbons (Fsp3) is 0.583. The van der Waals surface area contributed by atoms with E-state index in [0.29, 0.717) is 0 Å². The number of aromatic nitrogens is 1. The Morgan fingerprint density at radius 1 is 1.38 bits per heavy atom. The summed E-state index contributed by atoms with van der Waals surface area (Å²) in [7, 11) is 1.89. The lowest BCUT2D eigenvalue weighted by atomic mass is 10.2. The minimum atomic E-state index is 0.758. The van der Waals surface area contributed by atoms with Crippen LogP contribution in [-0.2, 0) is 0 Å². The maximum atomic E-state index is 4.44. The van der Waals surface area contributed by atoms with Gasteiger partial charge in [-0.3, -0.25) is 0 Å². The predicted molar refractivity (Wildman–Crippen MR) is 72.4 cm³/mol. The van der Waals surface area contributed by atoms with Gasteiger partial charge in [0.05, 0.1) is 0 Å². The molecule has 1 saturated heterocycles. The molecule has 0 aromatic carbocycles. The van der Waals surface area contributed by atoms with Gasteiger partial charge in [-0.05, 0) is 30.7 Å². The van der Waals surface area contributed by atoms with Crippen LogP contribution in [0, 0.1) is 0 Å². The van der Waals surface area contributed by atoms with Crippen LogP contribution in [0.1, 0.15) is 19.3 Å². The second kappa shape index (κ2) is 5.99. The molecule has 0 amide bonds. The van der Waals surface area contributed by atoms with Gasteiger partial charge < -0.3 is 10.6 Å². The van der Waals surface area contributed by atoms with Gasteiger partial charge in [-0.2, -0.15) is 11.8 Å². The zero-order valence-corrected chi connectivity index (χ0v) is 10.5. The van der Waals surface area contributed by atoms with Crippen molar-refractivity contribution in [1.82, 2.24) is 4.98 Å². The monoisotopic (exact) mass is 237 g/mol. The van der Waals surface area contributed by atoms with E-state index in [1.165, 1.54) is 25.0 Å². The topological polar surface area (TPSA) is 37.0 Å². The Balaban J connectivity index is 1.83. The number of pyridine rings is 1. The Hall–Kier alpha value is -0.900. The lowest BCUT2D eigenvalue weighted by molar-refractivity contribution is 0.677. The van der Waals surface area contributed by atoms with Crippen LogP contribution in [0.4, 0.5) is 11.6 Å². The summed E-state index contributed by atoms with van der Waals surface area (Å²) in [6, 6.07) is 6.02. The molecule has 0 radical (unpaired) electrons. The molecule has 2 heterocycles. The van der Waals surface area contributed by atoms with Crippen LogP contribution in [0.5, 0.6) is 0 Å². The second-order valence-electron chi connectivity index (χ2n) is 4.03. The first-order valence-electron chi connectivity index (χ1n) is 5.89. The Labute approximate surface area is 101 Å². The van der Waals surface area contributed by atoms with Gasteiger partial charge in [0.15, 0.2) is 0 Å². The predicted octanol–water partition coefficient (Wildman–Crippen LogP) is 2.82. The lowest BCUT2D eigenvalue weighted by Gasteiger charge is -2.21. The number of anilines is 2. The van der Waals surface area contributed by atoms with E-state index in [2.05, 4.69) is 27.4 Å². The van der Waals surface area contributed by atoms with Gasteiger partial charge in [0.25, 0.3) is 0 Å². The average molecular weight is 237 g/mol. The molecule has 0 saturated carbocycles. The summed E-state index contributed by atoms with van der Waals surface area (Å²) in [5.74, 6) is 3.20. The smallest absolute Gasteiger partial charge is 0.128 e. The zero-order valence-electron chi connectivity index (χ0n) is 9.70. The number of rotatable bonds is 4. The van der Waals surface area contributed by atoms with Gasteiger partial charge in [-0.25, -0.2) is 4.98 Å². The van der Waals surface area contributed by atoms with Gasteiger partial charge in [0.1, 0.15) is 11.6 Å². The summed E-state index contributed by atoms with van der Waals surface area (Å²) in [6.07, 6.45) is 4.10. The van der Waals surface area contributed by atoms with Crippen molar-refractivity contribution in [3.63, 3.8) is 0 Å². The molecular weight excluding hydrogens is 218 g/mol. The highest BCUT2D eigenvalue weighted by molar-refractivity contribution is 7.99. The third-order valence-electron chi connectivity index (χ3n) is 2.79. The molecule has 0 aliphatic carbocycles.